The Balaban J connectivity index is 1.34. The Hall–Kier alpha value is -2.04. The molecule has 3 rings (SSSR count). The Kier molecular flexibility index (Phi) is 5.95. The van der Waals surface area contributed by atoms with Crippen molar-refractivity contribution in [3.8, 4) is 0 Å². The fourth-order valence-electron chi connectivity index (χ4n) is 3.35. The number of hydrogen-bond acceptors (Lipinski definition) is 2. The van der Waals surface area contributed by atoms with Gasteiger partial charge in [-0.2, -0.15) is 0 Å². The SMILES string of the molecule is C[C@@H](CCNC(=O)N1CCC(C(=O)NC2CC2)CC1)c1ccccc1. The minimum Gasteiger partial charge on any atom is -0.353 e. The Morgan fingerprint density at radius 2 is 1.80 bits per heavy atom. The summed E-state index contributed by atoms with van der Waals surface area (Å²) in [6, 6.07) is 10.8. The maximum atomic E-state index is 12.3. The molecule has 1 atom stereocenters. The second kappa shape index (κ2) is 8.37. The fraction of sp³-hybridized carbons (Fsp3) is 0.600. The maximum absolute atomic E-state index is 12.3. The van der Waals surface area contributed by atoms with Crippen LogP contribution in [0.1, 0.15) is 50.5 Å². The zero-order chi connectivity index (χ0) is 17.6. The minimum absolute atomic E-state index is 0.00122. The molecule has 1 saturated heterocycles. The van der Waals surface area contributed by atoms with E-state index in [1.807, 2.05) is 23.1 Å². The van der Waals surface area contributed by atoms with E-state index < -0.39 is 0 Å². The third-order valence-corrected chi connectivity index (χ3v) is 5.30. The minimum atomic E-state index is 0.00122. The first-order chi connectivity index (χ1) is 12.1. The molecule has 136 valence electrons. The first kappa shape index (κ1) is 17.8. The maximum Gasteiger partial charge on any atom is 0.317 e. The first-order valence-electron chi connectivity index (χ1n) is 9.51. The van der Waals surface area contributed by atoms with E-state index in [2.05, 4.69) is 29.7 Å². The summed E-state index contributed by atoms with van der Waals surface area (Å²) in [7, 11) is 0. The summed E-state index contributed by atoms with van der Waals surface area (Å²) < 4.78 is 0. The van der Waals surface area contributed by atoms with Crippen LogP contribution in [0.5, 0.6) is 0 Å². The van der Waals surface area contributed by atoms with Crippen molar-refractivity contribution >= 4 is 11.9 Å². The summed E-state index contributed by atoms with van der Waals surface area (Å²) in [6.07, 6.45) is 4.71. The normalized spacial score (nSPS) is 19.3. The predicted octanol–water partition coefficient (Wildman–Crippen LogP) is 2.88. The van der Waals surface area contributed by atoms with E-state index in [1.54, 1.807) is 0 Å². The molecule has 1 heterocycles. The van der Waals surface area contributed by atoms with Gasteiger partial charge in [0.05, 0.1) is 0 Å². The topological polar surface area (TPSA) is 61.4 Å². The summed E-state index contributed by atoms with van der Waals surface area (Å²) in [4.78, 5) is 26.2. The molecule has 1 aliphatic heterocycles. The van der Waals surface area contributed by atoms with Crippen LogP contribution in [0.25, 0.3) is 0 Å². The average molecular weight is 343 g/mol. The molecule has 1 aromatic carbocycles. The number of nitrogens with zero attached hydrogens (tertiary/aromatic N) is 1. The van der Waals surface area contributed by atoms with Crippen molar-refractivity contribution in [2.75, 3.05) is 19.6 Å². The first-order valence-corrected chi connectivity index (χ1v) is 9.51. The molecule has 0 spiro atoms. The van der Waals surface area contributed by atoms with Crippen molar-refractivity contribution in [3.63, 3.8) is 0 Å². The average Bonchev–Trinajstić information content (AvgIpc) is 3.46. The molecular weight excluding hydrogens is 314 g/mol. The van der Waals surface area contributed by atoms with Gasteiger partial charge in [-0.25, -0.2) is 4.79 Å². The zero-order valence-electron chi connectivity index (χ0n) is 15.0. The number of carbonyl (C=O) groups excluding carboxylic acids is 2. The molecule has 1 aliphatic carbocycles. The molecule has 25 heavy (non-hydrogen) atoms. The van der Waals surface area contributed by atoms with Crippen molar-refractivity contribution in [2.24, 2.45) is 5.92 Å². The van der Waals surface area contributed by atoms with Gasteiger partial charge in [-0.15, -0.1) is 0 Å². The summed E-state index contributed by atoms with van der Waals surface area (Å²) in [6.45, 7) is 4.20. The van der Waals surface area contributed by atoms with Crippen LogP contribution in [0, 0.1) is 5.92 Å². The Bertz CT molecular complexity index is 578. The highest BCUT2D eigenvalue weighted by Crippen LogP contribution is 2.23. The molecule has 2 N–H and O–H groups in total. The highest BCUT2D eigenvalue weighted by Gasteiger charge is 2.30. The van der Waals surface area contributed by atoms with Gasteiger partial charge in [0.1, 0.15) is 0 Å². The number of benzene rings is 1. The molecule has 5 heteroatoms. The lowest BCUT2D eigenvalue weighted by Gasteiger charge is -2.31. The third kappa shape index (κ3) is 5.21. The highest BCUT2D eigenvalue weighted by molar-refractivity contribution is 5.80. The lowest BCUT2D eigenvalue weighted by molar-refractivity contribution is -0.126. The lowest BCUT2D eigenvalue weighted by Crippen LogP contribution is -2.47. The van der Waals surface area contributed by atoms with Crippen molar-refractivity contribution in [2.45, 2.75) is 51.0 Å². The van der Waals surface area contributed by atoms with Gasteiger partial charge in [-0.3, -0.25) is 4.79 Å². The molecule has 1 saturated carbocycles. The van der Waals surface area contributed by atoms with Crippen LogP contribution >= 0.6 is 0 Å². The molecule has 5 nitrogen and oxygen atoms in total. The van der Waals surface area contributed by atoms with E-state index in [-0.39, 0.29) is 17.9 Å². The number of rotatable bonds is 6. The summed E-state index contributed by atoms with van der Waals surface area (Å²) in [5.74, 6) is 0.681. The number of piperidine rings is 1. The van der Waals surface area contributed by atoms with E-state index in [0.29, 0.717) is 31.6 Å². The van der Waals surface area contributed by atoms with E-state index >= 15 is 0 Å². The number of amides is 3. The molecule has 2 aliphatic rings. The molecule has 0 radical (unpaired) electrons. The molecular formula is C20H29N3O2. The van der Waals surface area contributed by atoms with Crippen molar-refractivity contribution in [3.05, 3.63) is 35.9 Å². The monoisotopic (exact) mass is 343 g/mol. The van der Waals surface area contributed by atoms with Gasteiger partial charge in [0.25, 0.3) is 0 Å². The molecule has 0 aromatic heterocycles. The number of likely N-dealkylation sites (tertiary alicyclic amines) is 1. The lowest BCUT2D eigenvalue weighted by atomic mass is 9.96. The van der Waals surface area contributed by atoms with Crippen molar-refractivity contribution in [1.82, 2.24) is 15.5 Å². The second-order valence-corrected chi connectivity index (χ2v) is 7.38. The third-order valence-electron chi connectivity index (χ3n) is 5.30. The smallest absolute Gasteiger partial charge is 0.317 e. The predicted molar refractivity (Wildman–Crippen MR) is 98.3 cm³/mol. The van der Waals surface area contributed by atoms with Gasteiger partial charge in [-0.1, -0.05) is 37.3 Å². The van der Waals surface area contributed by atoms with Crippen LogP contribution in [-0.4, -0.2) is 42.5 Å². The van der Waals surface area contributed by atoms with Gasteiger partial charge >= 0.3 is 6.03 Å². The van der Waals surface area contributed by atoms with Gasteiger partial charge in [0.2, 0.25) is 5.91 Å². The van der Waals surface area contributed by atoms with Gasteiger partial charge < -0.3 is 15.5 Å². The number of hydrogen-bond donors (Lipinski definition) is 2. The number of urea groups is 1. The number of carbonyl (C=O) groups is 2. The molecule has 2 fully saturated rings. The van der Waals surface area contributed by atoms with Crippen LogP contribution in [0.4, 0.5) is 4.79 Å². The van der Waals surface area contributed by atoms with Crippen LogP contribution in [-0.2, 0) is 4.79 Å². The van der Waals surface area contributed by atoms with Gasteiger partial charge in [0, 0.05) is 31.6 Å². The van der Waals surface area contributed by atoms with Crippen LogP contribution < -0.4 is 10.6 Å². The van der Waals surface area contributed by atoms with Crippen molar-refractivity contribution < 1.29 is 9.59 Å². The van der Waals surface area contributed by atoms with E-state index in [0.717, 1.165) is 32.1 Å². The molecule has 3 amide bonds. The summed E-state index contributed by atoms with van der Waals surface area (Å²) in [5.41, 5.74) is 1.30. The highest BCUT2D eigenvalue weighted by atomic mass is 16.2. The van der Waals surface area contributed by atoms with Crippen LogP contribution in [0.2, 0.25) is 0 Å². The molecule has 0 unspecified atom stereocenters. The van der Waals surface area contributed by atoms with E-state index in [9.17, 15) is 9.59 Å². The molecule has 0 bridgehead atoms. The summed E-state index contributed by atoms with van der Waals surface area (Å²) in [5, 5.41) is 6.10. The standard InChI is InChI=1S/C20H29N3O2/c1-15(16-5-3-2-4-6-16)9-12-21-20(25)23-13-10-17(11-14-23)19(24)22-18-7-8-18/h2-6,15,17-18H,7-14H2,1H3,(H,21,25)(H,22,24)/t15-/m0/s1. The van der Waals surface area contributed by atoms with Crippen LogP contribution in [0.3, 0.4) is 0 Å². The van der Waals surface area contributed by atoms with E-state index in [4.69, 9.17) is 0 Å². The Labute approximate surface area is 150 Å². The van der Waals surface area contributed by atoms with Crippen LogP contribution in [0.15, 0.2) is 30.3 Å². The second-order valence-electron chi connectivity index (χ2n) is 7.38. The van der Waals surface area contributed by atoms with Gasteiger partial charge in [0.15, 0.2) is 0 Å². The fourth-order valence-corrected chi connectivity index (χ4v) is 3.35. The molecule has 1 aromatic rings. The van der Waals surface area contributed by atoms with Crippen molar-refractivity contribution in [1.29, 1.82) is 0 Å². The largest absolute Gasteiger partial charge is 0.353 e. The van der Waals surface area contributed by atoms with Gasteiger partial charge in [-0.05, 0) is 43.6 Å². The quantitative estimate of drug-likeness (QED) is 0.834. The zero-order valence-corrected chi connectivity index (χ0v) is 15.0. The Morgan fingerprint density at radius 3 is 2.44 bits per heavy atom. The summed E-state index contributed by atoms with van der Waals surface area (Å²) >= 11 is 0. The Morgan fingerprint density at radius 1 is 1.12 bits per heavy atom. The van der Waals surface area contributed by atoms with E-state index in [1.165, 1.54) is 5.56 Å². The number of nitrogens with one attached hydrogen (secondary N) is 2.